The lowest BCUT2D eigenvalue weighted by Gasteiger charge is -2.15. The van der Waals surface area contributed by atoms with Gasteiger partial charge in [0.1, 0.15) is 0 Å². The summed E-state index contributed by atoms with van der Waals surface area (Å²) >= 11 is 0. The molecule has 23 heavy (non-hydrogen) atoms. The Labute approximate surface area is 137 Å². The van der Waals surface area contributed by atoms with Gasteiger partial charge in [-0.2, -0.15) is 9.40 Å². The Balaban J connectivity index is 1.58. The van der Waals surface area contributed by atoms with Gasteiger partial charge < -0.3 is 5.32 Å². The molecule has 6 nitrogen and oxygen atoms in total. The summed E-state index contributed by atoms with van der Waals surface area (Å²) in [4.78, 5) is 0.385. The molecule has 1 saturated heterocycles. The Morgan fingerprint density at radius 2 is 1.74 bits per heavy atom. The zero-order valence-corrected chi connectivity index (χ0v) is 14.1. The van der Waals surface area contributed by atoms with E-state index in [2.05, 4.69) is 10.4 Å². The van der Waals surface area contributed by atoms with E-state index in [0.29, 0.717) is 24.5 Å². The van der Waals surface area contributed by atoms with Crippen LogP contribution in [0.15, 0.2) is 41.6 Å². The smallest absolute Gasteiger partial charge is 0.243 e. The third kappa shape index (κ3) is 3.80. The number of nitrogens with one attached hydrogen (secondary N) is 1. The van der Waals surface area contributed by atoms with E-state index in [1.54, 1.807) is 21.1 Å². The van der Waals surface area contributed by atoms with Crippen LogP contribution in [0.2, 0.25) is 0 Å². The number of rotatable bonds is 6. The lowest BCUT2D eigenvalue weighted by molar-refractivity contribution is 0.477. The average molecular weight is 334 g/mol. The van der Waals surface area contributed by atoms with Crippen LogP contribution in [0.4, 0.5) is 0 Å². The summed E-state index contributed by atoms with van der Waals surface area (Å²) in [5.74, 6) is 0. The molecule has 1 fully saturated rings. The average Bonchev–Trinajstić information content (AvgIpc) is 3.20. The van der Waals surface area contributed by atoms with Crippen molar-refractivity contribution in [3.8, 4) is 0 Å². The number of aryl methyl sites for hydroxylation is 1. The quantitative estimate of drug-likeness (QED) is 0.869. The van der Waals surface area contributed by atoms with Crippen molar-refractivity contribution in [1.29, 1.82) is 0 Å². The highest BCUT2D eigenvalue weighted by atomic mass is 32.2. The summed E-state index contributed by atoms with van der Waals surface area (Å²) < 4.78 is 28.2. The molecular weight excluding hydrogens is 312 g/mol. The van der Waals surface area contributed by atoms with Crippen LogP contribution in [-0.4, -0.2) is 35.6 Å². The fourth-order valence-electron chi connectivity index (χ4n) is 2.77. The summed E-state index contributed by atoms with van der Waals surface area (Å²) in [5, 5.41) is 7.46. The molecule has 124 valence electrons. The first-order valence-electron chi connectivity index (χ1n) is 7.83. The van der Waals surface area contributed by atoms with Crippen molar-refractivity contribution in [3.05, 3.63) is 47.8 Å². The van der Waals surface area contributed by atoms with E-state index >= 15 is 0 Å². The third-order valence-corrected chi connectivity index (χ3v) is 5.96. The Morgan fingerprint density at radius 1 is 1.09 bits per heavy atom. The Kier molecular flexibility index (Phi) is 4.79. The van der Waals surface area contributed by atoms with Crippen molar-refractivity contribution in [2.45, 2.75) is 30.8 Å². The Morgan fingerprint density at radius 3 is 2.35 bits per heavy atom. The molecule has 1 aliphatic rings. The minimum absolute atomic E-state index is 0.385. The van der Waals surface area contributed by atoms with Gasteiger partial charge in [-0.05, 0) is 30.5 Å². The first-order valence-corrected chi connectivity index (χ1v) is 9.27. The highest BCUT2D eigenvalue weighted by Gasteiger charge is 2.26. The number of aromatic nitrogens is 2. The summed E-state index contributed by atoms with van der Waals surface area (Å²) in [6, 6.07) is 7.15. The first kappa shape index (κ1) is 16.2. The van der Waals surface area contributed by atoms with Crippen molar-refractivity contribution in [2.24, 2.45) is 7.05 Å². The molecule has 0 spiro atoms. The maximum atomic E-state index is 12.4. The second kappa shape index (κ2) is 6.82. The van der Waals surface area contributed by atoms with Gasteiger partial charge in [0.25, 0.3) is 0 Å². The topological polar surface area (TPSA) is 67.2 Å². The van der Waals surface area contributed by atoms with Gasteiger partial charge in [-0.1, -0.05) is 12.1 Å². The molecule has 2 heterocycles. The van der Waals surface area contributed by atoms with Crippen LogP contribution in [0.25, 0.3) is 0 Å². The molecule has 0 unspecified atom stereocenters. The van der Waals surface area contributed by atoms with E-state index in [9.17, 15) is 8.42 Å². The summed E-state index contributed by atoms with van der Waals surface area (Å²) in [6.45, 7) is 2.70. The maximum absolute atomic E-state index is 12.4. The summed E-state index contributed by atoms with van der Waals surface area (Å²) in [5.41, 5.74) is 2.19. The Hall–Kier alpha value is -1.70. The van der Waals surface area contributed by atoms with E-state index < -0.39 is 10.0 Å². The van der Waals surface area contributed by atoms with Crippen molar-refractivity contribution in [3.63, 3.8) is 0 Å². The fourth-order valence-corrected chi connectivity index (χ4v) is 4.29. The van der Waals surface area contributed by atoms with Crippen LogP contribution in [0.5, 0.6) is 0 Å². The monoisotopic (exact) mass is 334 g/mol. The van der Waals surface area contributed by atoms with E-state index in [0.717, 1.165) is 30.5 Å². The van der Waals surface area contributed by atoms with Gasteiger partial charge in [0.05, 0.1) is 11.1 Å². The molecular formula is C16H22N4O2S. The van der Waals surface area contributed by atoms with Gasteiger partial charge in [0.2, 0.25) is 10.0 Å². The lowest BCUT2D eigenvalue weighted by atomic mass is 10.2. The highest BCUT2D eigenvalue weighted by molar-refractivity contribution is 7.89. The summed E-state index contributed by atoms with van der Waals surface area (Å²) in [7, 11) is -1.42. The second-order valence-electron chi connectivity index (χ2n) is 5.88. The standard InChI is InChI=1S/C16H22N4O2S/c1-19-13-15(12-18-19)11-17-10-14-4-6-16(7-5-14)23(21,22)20-8-2-3-9-20/h4-7,12-13,17H,2-3,8-11H2,1H3. The van der Waals surface area contributed by atoms with Crippen LogP contribution in [-0.2, 0) is 30.2 Å². The highest BCUT2D eigenvalue weighted by Crippen LogP contribution is 2.21. The molecule has 1 aromatic heterocycles. The number of hydrogen-bond acceptors (Lipinski definition) is 4. The normalized spacial score (nSPS) is 16.0. The Bertz CT molecular complexity index is 747. The summed E-state index contributed by atoms with van der Waals surface area (Å²) in [6.07, 6.45) is 5.71. The van der Waals surface area contributed by atoms with Crippen LogP contribution in [0.3, 0.4) is 0 Å². The molecule has 7 heteroatoms. The molecule has 1 aliphatic heterocycles. The zero-order chi connectivity index (χ0) is 16.3. The number of hydrogen-bond donors (Lipinski definition) is 1. The molecule has 0 amide bonds. The minimum Gasteiger partial charge on any atom is -0.309 e. The molecule has 1 aromatic carbocycles. The predicted molar refractivity (Wildman–Crippen MR) is 88.2 cm³/mol. The van der Waals surface area contributed by atoms with Crippen LogP contribution < -0.4 is 5.32 Å². The van der Waals surface area contributed by atoms with Gasteiger partial charge >= 0.3 is 0 Å². The van der Waals surface area contributed by atoms with Crippen molar-refractivity contribution in [1.82, 2.24) is 19.4 Å². The van der Waals surface area contributed by atoms with E-state index in [-0.39, 0.29) is 0 Å². The molecule has 0 bridgehead atoms. The van der Waals surface area contributed by atoms with E-state index in [1.165, 1.54) is 0 Å². The maximum Gasteiger partial charge on any atom is 0.243 e. The van der Waals surface area contributed by atoms with Crippen LogP contribution >= 0.6 is 0 Å². The molecule has 3 rings (SSSR count). The first-order chi connectivity index (χ1) is 11.1. The molecule has 1 N–H and O–H groups in total. The van der Waals surface area contributed by atoms with Gasteiger partial charge in [0, 0.05) is 45.0 Å². The van der Waals surface area contributed by atoms with Crippen LogP contribution in [0.1, 0.15) is 24.0 Å². The van der Waals surface area contributed by atoms with Crippen molar-refractivity contribution >= 4 is 10.0 Å². The molecule has 0 atom stereocenters. The second-order valence-corrected chi connectivity index (χ2v) is 7.82. The molecule has 0 radical (unpaired) electrons. The van der Waals surface area contributed by atoms with Crippen LogP contribution in [0, 0.1) is 0 Å². The third-order valence-electron chi connectivity index (χ3n) is 4.04. The molecule has 0 saturated carbocycles. The zero-order valence-electron chi connectivity index (χ0n) is 13.3. The SMILES string of the molecule is Cn1cc(CNCc2ccc(S(=O)(=O)N3CCCC3)cc2)cn1. The van der Waals surface area contributed by atoms with E-state index in [1.807, 2.05) is 31.6 Å². The molecule has 0 aliphatic carbocycles. The van der Waals surface area contributed by atoms with E-state index in [4.69, 9.17) is 0 Å². The minimum atomic E-state index is -3.31. The van der Waals surface area contributed by atoms with Gasteiger partial charge in [-0.15, -0.1) is 0 Å². The fraction of sp³-hybridized carbons (Fsp3) is 0.438. The van der Waals surface area contributed by atoms with Crippen molar-refractivity contribution < 1.29 is 8.42 Å². The largest absolute Gasteiger partial charge is 0.309 e. The van der Waals surface area contributed by atoms with Gasteiger partial charge in [0.15, 0.2) is 0 Å². The number of sulfonamides is 1. The predicted octanol–water partition coefficient (Wildman–Crippen LogP) is 1.49. The van der Waals surface area contributed by atoms with Crippen molar-refractivity contribution in [2.75, 3.05) is 13.1 Å². The van der Waals surface area contributed by atoms with Gasteiger partial charge in [-0.3, -0.25) is 4.68 Å². The lowest BCUT2D eigenvalue weighted by Crippen LogP contribution is -2.27. The number of benzene rings is 1. The van der Waals surface area contributed by atoms with Gasteiger partial charge in [-0.25, -0.2) is 8.42 Å². The number of nitrogens with zero attached hydrogens (tertiary/aromatic N) is 3. The molecule has 2 aromatic rings.